The number of aromatic carboxylic acids is 1. The van der Waals surface area contributed by atoms with Crippen LogP contribution in [0.5, 0.6) is 0 Å². The van der Waals surface area contributed by atoms with E-state index in [-0.39, 0.29) is 22.6 Å². The van der Waals surface area contributed by atoms with E-state index in [0.29, 0.717) is 25.1 Å². The fourth-order valence-corrected chi connectivity index (χ4v) is 4.89. The normalized spacial score (nSPS) is 18.4. The summed E-state index contributed by atoms with van der Waals surface area (Å²) in [6.45, 7) is 6.19. The van der Waals surface area contributed by atoms with Crippen LogP contribution in [0.2, 0.25) is 0 Å². The van der Waals surface area contributed by atoms with Gasteiger partial charge in [-0.05, 0) is 51.5 Å². The maximum atomic E-state index is 13.2. The van der Waals surface area contributed by atoms with Gasteiger partial charge in [0.25, 0.3) is 0 Å². The van der Waals surface area contributed by atoms with E-state index in [9.17, 15) is 19.8 Å². The Kier molecular flexibility index (Phi) is 9.37. The SMILES string of the molecule is CCCCC(C)C(=O)N(CCCC(C)O)c1cc(C2C=CCCC2)sc1C(=O)O. The van der Waals surface area contributed by atoms with E-state index in [1.807, 2.05) is 13.0 Å². The van der Waals surface area contributed by atoms with E-state index in [4.69, 9.17) is 0 Å². The van der Waals surface area contributed by atoms with Crippen molar-refractivity contribution in [2.24, 2.45) is 5.92 Å². The number of thiophene rings is 1. The predicted octanol–water partition coefficient (Wildman–Crippen LogP) is 5.59. The number of nitrogens with zero attached hydrogens (tertiary/aromatic N) is 1. The largest absolute Gasteiger partial charge is 0.477 e. The van der Waals surface area contributed by atoms with E-state index in [0.717, 1.165) is 43.4 Å². The molecule has 2 N–H and O–H groups in total. The van der Waals surface area contributed by atoms with E-state index in [1.165, 1.54) is 11.3 Å². The van der Waals surface area contributed by atoms with Crippen molar-refractivity contribution < 1.29 is 19.8 Å². The van der Waals surface area contributed by atoms with E-state index in [2.05, 4.69) is 19.1 Å². The molecule has 1 aliphatic rings. The average molecular weight is 422 g/mol. The lowest BCUT2D eigenvalue weighted by molar-refractivity contribution is -0.122. The molecule has 162 valence electrons. The van der Waals surface area contributed by atoms with Gasteiger partial charge in [0.1, 0.15) is 4.88 Å². The summed E-state index contributed by atoms with van der Waals surface area (Å²) in [6, 6.07) is 1.92. The highest BCUT2D eigenvalue weighted by molar-refractivity contribution is 7.14. The lowest BCUT2D eigenvalue weighted by Gasteiger charge is -2.26. The minimum atomic E-state index is -0.981. The third-order valence-corrected chi connectivity index (χ3v) is 6.76. The molecule has 0 radical (unpaired) electrons. The van der Waals surface area contributed by atoms with Crippen molar-refractivity contribution in [3.8, 4) is 0 Å². The Morgan fingerprint density at radius 3 is 2.62 bits per heavy atom. The van der Waals surface area contributed by atoms with Crippen LogP contribution in [-0.2, 0) is 4.79 Å². The Balaban J connectivity index is 2.34. The van der Waals surface area contributed by atoms with Gasteiger partial charge in [-0.2, -0.15) is 0 Å². The van der Waals surface area contributed by atoms with E-state index >= 15 is 0 Å². The topological polar surface area (TPSA) is 77.8 Å². The number of hydrogen-bond acceptors (Lipinski definition) is 4. The van der Waals surface area contributed by atoms with Crippen LogP contribution in [0, 0.1) is 5.92 Å². The molecular weight excluding hydrogens is 386 g/mol. The summed E-state index contributed by atoms with van der Waals surface area (Å²) >= 11 is 1.30. The number of allylic oxidation sites excluding steroid dienone is 2. The van der Waals surface area contributed by atoms with Gasteiger partial charge in [0.05, 0.1) is 11.8 Å². The fourth-order valence-electron chi connectivity index (χ4n) is 3.78. The number of aliphatic hydroxyl groups excluding tert-OH is 1. The average Bonchev–Trinajstić information content (AvgIpc) is 3.15. The van der Waals surface area contributed by atoms with Crippen LogP contribution in [0.15, 0.2) is 18.2 Å². The van der Waals surface area contributed by atoms with Gasteiger partial charge in [-0.15, -0.1) is 11.3 Å². The Morgan fingerprint density at radius 2 is 2.03 bits per heavy atom. The molecule has 5 nitrogen and oxygen atoms in total. The summed E-state index contributed by atoms with van der Waals surface area (Å²) in [4.78, 5) is 28.2. The first-order valence-electron chi connectivity index (χ1n) is 10.9. The van der Waals surface area contributed by atoms with Crippen molar-refractivity contribution in [1.82, 2.24) is 0 Å². The zero-order chi connectivity index (χ0) is 21.4. The monoisotopic (exact) mass is 421 g/mol. The number of carbonyl (C=O) groups is 2. The van der Waals surface area contributed by atoms with E-state index < -0.39 is 12.1 Å². The van der Waals surface area contributed by atoms with Crippen molar-refractivity contribution in [3.05, 3.63) is 28.0 Å². The molecule has 3 atom stereocenters. The molecule has 1 heterocycles. The molecule has 0 saturated carbocycles. The number of rotatable bonds is 11. The molecule has 3 unspecified atom stereocenters. The predicted molar refractivity (Wildman–Crippen MR) is 119 cm³/mol. The second-order valence-corrected chi connectivity index (χ2v) is 9.24. The molecule has 1 aromatic rings. The Labute approximate surface area is 178 Å². The van der Waals surface area contributed by atoms with Crippen molar-refractivity contribution in [1.29, 1.82) is 0 Å². The molecule has 0 aromatic carbocycles. The first-order valence-corrected chi connectivity index (χ1v) is 11.7. The molecular formula is C23H35NO4S. The zero-order valence-electron chi connectivity index (χ0n) is 17.9. The zero-order valence-corrected chi connectivity index (χ0v) is 18.7. The summed E-state index contributed by atoms with van der Waals surface area (Å²) < 4.78 is 0. The van der Waals surface area contributed by atoms with Gasteiger partial charge in [0, 0.05) is 23.3 Å². The molecule has 0 bridgehead atoms. The first-order chi connectivity index (χ1) is 13.8. The second kappa shape index (κ2) is 11.5. The molecule has 29 heavy (non-hydrogen) atoms. The number of carbonyl (C=O) groups excluding carboxylic acids is 1. The summed E-state index contributed by atoms with van der Waals surface area (Å²) in [5.41, 5.74) is 0.524. The summed E-state index contributed by atoms with van der Waals surface area (Å²) in [6.07, 6.45) is 11.1. The summed E-state index contributed by atoms with van der Waals surface area (Å²) in [7, 11) is 0. The minimum absolute atomic E-state index is 0.0184. The molecule has 0 spiro atoms. The van der Waals surface area contributed by atoms with Crippen LogP contribution in [0.25, 0.3) is 0 Å². The standard InChI is InChI=1S/C23H35NO4S/c1-4-5-10-16(2)22(26)24(14-9-11-17(3)25)19-15-20(29-21(19)23(27)28)18-12-7-6-8-13-18/h7,12,15-18,25H,4-6,8-11,13-14H2,1-3H3,(H,27,28). The highest BCUT2D eigenvalue weighted by atomic mass is 32.1. The van der Waals surface area contributed by atoms with Crippen LogP contribution >= 0.6 is 11.3 Å². The molecule has 0 fully saturated rings. The number of carboxylic acids is 1. The molecule has 1 aromatic heterocycles. The quantitative estimate of drug-likeness (QED) is 0.457. The molecule has 1 aliphatic carbocycles. The highest BCUT2D eigenvalue weighted by Gasteiger charge is 2.29. The van der Waals surface area contributed by atoms with Gasteiger partial charge in [-0.1, -0.05) is 38.8 Å². The van der Waals surface area contributed by atoms with Crippen molar-refractivity contribution in [3.63, 3.8) is 0 Å². The smallest absolute Gasteiger partial charge is 0.348 e. The molecule has 0 aliphatic heterocycles. The Morgan fingerprint density at radius 1 is 1.28 bits per heavy atom. The van der Waals surface area contributed by atoms with Crippen LogP contribution in [0.1, 0.15) is 92.6 Å². The number of unbranched alkanes of at least 4 members (excludes halogenated alkanes) is 1. The summed E-state index contributed by atoms with van der Waals surface area (Å²) in [5, 5.41) is 19.4. The van der Waals surface area contributed by atoms with Crippen molar-refractivity contribution in [2.75, 3.05) is 11.4 Å². The fraction of sp³-hybridized carbons (Fsp3) is 0.652. The van der Waals surface area contributed by atoms with Gasteiger partial charge < -0.3 is 15.1 Å². The third kappa shape index (κ3) is 6.68. The van der Waals surface area contributed by atoms with Gasteiger partial charge in [0.2, 0.25) is 5.91 Å². The molecule has 2 rings (SSSR count). The molecule has 6 heteroatoms. The number of anilines is 1. The van der Waals surface area contributed by atoms with Gasteiger partial charge in [-0.25, -0.2) is 4.79 Å². The highest BCUT2D eigenvalue weighted by Crippen LogP contribution is 2.39. The van der Waals surface area contributed by atoms with Crippen LogP contribution < -0.4 is 4.90 Å². The first kappa shape index (κ1) is 23.6. The maximum absolute atomic E-state index is 13.2. The lowest BCUT2D eigenvalue weighted by atomic mass is 9.94. The third-order valence-electron chi connectivity index (χ3n) is 5.52. The summed E-state index contributed by atoms with van der Waals surface area (Å²) in [5.74, 6) is -0.922. The molecule has 1 amide bonds. The van der Waals surface area contributed by atoms with Gasteiger partial charge in [-0.3, -0.25) is 4.79 Å². The van der Waals surface area contributed by atoms with Gasteiger partial charge >= 0.3 is 5.97 Å². The van der Waals surface area contributed by atoms with Gasteiger partial charge in [0.15, 0.2) is 0 Å². The maximum Gasteiger partial charge on any atom is 0.348 e. The second-order valence-electron chi connectivity index (χ2n) is 8.16. The number of hydrogen-bond donors (Lipinski definition) is 2. The number of aliphatic hydroxyl groups is 1. The van der Waals surface area contributed by atoms with Crippen molar-refractivity contribution in [2.45, 2.75) is 84.2 Å². The Bertz CT molecular complexity index is 710. The van der Waals surface area contributed by atoms with Crippen LogP contribution in [0.3, 0.4) is 0 Å². The van der Waals surface area contributed by atoms with Crippen molar-refractivity contribution >= 4 is 28.9 Å². The minimum Gasteiger partial charge on any atom is -0.477 e. The van der Waals surface area contributed by atoms with Crippen LogP contribution in [0.4, 0.5) is 5.69 Å². The number of carboxylic acid groups (broad SMARTS) is 1. The lowest BCUT2D eigenvalue weighted by Crippen LogP contribution is -2.37. The Hall–Kier alpha value is -1.66. The molecule has 0 saturated heterocycles. The number of amides is 1. The van der Waals surface area contributed by atoms with Crippen LogP contribution in [-0.4, -0.2) is 34.7 Å². The van der Waals surface area contributed by atoms with E-state index in [1.54, 1.807) is 11.8 Å².